The molecule has 4 atom stereocenters. The van der Waals surface area contributed by atoms with E-state index >= 15 is 0 Å². The van der Waals surface area contributed by atoms with Crippen LogP contribution in [0.2, 0.25) is 0 Å². The summed E-state index contributed by atoms with van der Waals surface area (Å²) < 4.78 is 0. The Morgan fingerprint density at radius 1 is 1.00 bits per heavy atom. The summed E-state index contributed by atoms with van der Waals surface area (Å²) in [6, 6.07) is -4.71. The van der Waals surface area contributed by atoms with Crippen LogP contribution in [0.15, 0.2) is 17.5 Å². The highest BCUT2D eigenvalue weighted by molar-refractivity contribution is 7.98. The van der Waals surface area contributed by atoms with Crippen LogP contribution in [-0.4, -0.2) is 98.5 Å². The summed E-state index contributed by atoms with van der Waals surface area (Å²) in [6.07, 6.45) is 4.67. The second-order valence-electron chi connectivity index (χ2n) is 8.57. The van der Waals surface area contributed by atoms with Crippen molar-refractivity contribution in [2.75, 3.05) is 18.6 Å². The number of nitrogens with zero attached hydrogens (tertiary/aromatic N) is 2. The number of imidazole rings is 1. The van der Waals surface area contributed by atoms with Gasteiger partial charge in [0, 0.05) is 31.3 Å². The van der Waals surface area contributed by atoms with Crippen LogP contribution < -0.4 is 33.2 Å². The number of carbonyl (C=O) groups excluding carboxylic acids is 3. The SMILES string of the molecule is CSCCC(NC(=O)C(Cc1cnc[nH]1)NC(=O)C(N)CCC(=O)O)C(=O)NC(CCCN=C(N)N)C(=O)O. The third kappa shape index (κ3) is 13.5. The average molecular weight is 572 g/mol. The lowest BCUT2D eigenvalue weighted by Crippen LogP contribution is -2.57. The average Bonchev–Trinajstić information content (AvgIpc) is 3.38. The van der Waals surface area contributed by atoms with Crippen molar-refractivity contribution >= 4 is 47.4 Å². The number of amides is 3. The maximum Gasteiger partial charge on any atom is 0.326 e. The second kappa shape index (κ2) is 17.6. The van der Waals surface area contributed by atoms with Gasteiger partial charge in [0.05, 0.1) is 12.4 Å². The highest BCUT2D eigenvalue weighted by atomic mass is 32.2. The molecule has 0 saturated heterocycles. The second-order valence-corrected chi connectivity index (χ2v) is 9.56. The molecule has 0 spiro atoms. The van der Waals surface area contributed by atoms with Crippen molar-refractivity contribution in [1.82, 2.24) is 25.9 Å². The number of carbonyl (C=O) groups is 5. The summed E-state index contributed by atoms with van der Waals surface area (Å²) in [6.45, 7) is 0.179. The largest absolute Gasteiger partial charge is 0.481 e. The van der Waals surface area contributed by atoms with Crippen LogP contribution in [0.5, 0.6) is 0 Å². The maximum atomic E-state index is 13.2. The number of aliphatic imine (C=N–C) groups is 1. The molecular formula is C22H37N9O7S. The van der Waals surface area contributed by atoms with Gasteiger partial charge in [0.15, 0.2) is 5.96 Å². The number of aromatic nitrogens is 2. The molecule has 0 radical (unpaired) electrons. The van der Waals surface area contributed by atoms with Crippen molar-refractivity contribution in [3.8, 4) is 0 Å². The molecule has 0 aliphatic carbocycles. The smallest absolute Gasteiger partial charge is 0.326 e. The number of hydrogen-bond donors (Lipinski definition) is 9. The number of guanidine groups is 1. The van der Waals surface area contributed by atoms with Crippen LogP contribution in [0.25, 0.3) is 0 Å². The van der Waals surface area contributed by atoms with Gasteiger partial charge in [0.2, 0.25) is 17.7 Å². The zero-order valence-electron chi connectivity index (χ0n) is 21.6. The number of aromatic amines is 1. The van der Waals surface area contributed by atoms with Crippen molar-refractivity contribution in [3.63, 3.8) is 0 Å². The zero-order chi connectivity index (χ0) is 29.4. The lowest BCUT2D eigenvalue weighted by Gasteiger charge is -2.25. The Hall–Kier alpha value is -3.86. The van der Waals surface area contributed by atoms with Gasteiger partial charge in [0.25, 0.3) is 0 Å². The molecule has 0 aromatic carbocycles. The minimum Gasteiger partial charge on any atom is -0.481 e. The van der Waals surface area contributed by atoms with E-state index in [-0.39, 0.29) is 51.0 Å². The molecule has 3 amide bonds. The Balaban J connectivity index is 2.98. The third-order valence-electron chi connectivity index (χ3n) is 5.42. The summed E-state index contributed by atoms with van der Waals surface area (Å²) in [7, 11) is 0. The minimum atomic E-state index is -1.26. The first-order valence-corrected chi connectivity index (χ1v) is 13.5. The Morgan fingerprint density at radius 2 is 1.64 bits per heavy atom. The van der Waals surface area contributed by atoms with E-state index in [1.165, 1.54) is 24.3 Å². The van der Waals surface area contributed by atoms with Crippen molar-refractivity contribution in [3.05, 3.63) is 18.2 Å². The van der Waals surface area contributed by atoms with Crippen molar-refractivity contribution in [2.24, 2.45) is 22.2 Å². The van der Waals surface area contributed by atoms with Gasteiger partial charge in [-0.3, -0.25) is 24.2 Å². The monoisotopic (exact) mass is 571 g/mol. The lowest BCUT2D eigenvalue weighted by atomic mass is 10.1. The topological polar surface area (TPSA) is 281 Å². The van der Waals surface area contributed by atoms with Crippen LogP contribution in [0, 0.1) is 0 Å². The van der Waals surface area contributed by atoms with E-state index in [0.29, 0.717) is 11.4 Å². The molecule has 4 unspecified atom stereocenters. The van der Waals surface area contributed by atoms with Gasteiger partial charge in [-0.1, -0.05) is 0 Å². The standard InChI is InChI=1S/C22H37N9O7S/c1-39-8-6-14(19(35)30-15(21(37)38)3-2-7-27-22(24)25)29-20(36)16(9-12-10-26-11-28-12)31-18(34)13(23)4-5-17(32)33/h10-11,13-16H,2-9,23H2,1H3,(H,26,28)(H,29,36)(H,30,35)(H,31,34)(H,32,33)(H,37,38)(H4,24,25,27). The molecule has 0 aliphatic rings. The first kappa shape index (κ1) is 33.2. The molecule has 12 N–H and O–H groups in total. The van der Waals surface area contributed by atoms with E-state index in [9.17, 15) is 29.1 Å². The molecule has 0 saturated carbocycles. The molecule has 0 aliphatic heterocycles. The number of aliphatic carboxylic acids is 2. The number of nitrogens with one attached hydrogen (secondary N) is 4. The molecule has 17 heteroatoms. The van der Waals surface area contributed by atoms with Crippen molar-refractivity contribution in [2.45, 2.75) is 62.7 Å². The maximum absolute atomic E-state index is 13.2. The van der Waals surface area contributed by atoms with Crippen LogP contribution in [0.4, 0.5) is 0 Å². The number of H-pyrrole nitrogens is 1. The molecule has 1 rings (SSSR count). The fourth-order valence-corrected chi connectivity index (χ4v) is 3.80. The van der Waals surface area contributed by atoms with Crippen molar-refractivity contribution < 1.29 is 34.2 Å². The number of carboxylic acid groups (broad SMARTS) is 2. The summed E-state index contributed by atoms with van der Waals surface area (Å²) in [5.74, 6) is -4.22. The number of hydrogen-bond acceptors (Lipinski definition) is 9. The van der Waals surface area contributed by atoms with Crippen LogP contribution in [0.3, 0.4) is 0 Å². The first-order chi connectivity index (χ1) is 18.4. The van der Waals surface area contributed by atoms with Crippen LogP contribution in [0.1, 0.15) is 37.8 Å². The fourth-order valence-electron chi connectivity index (χ4n) is 3.32. The van der Waals surface area contributed by atoms with Gasteiger partial charge in [0.1, 0.15) is 18.1 Å². The van der Waals surface area contributed by atoms with E-state index in [2.05, 4.69) is 30.9 Å². The van der Waals surface area contributed by atoms with E-state index in [4.69, 9.17) is 22.3 Å². The van der Waals surface area contributed by atoms with E-state index in [1.807, 2.05) is 0 Å². The molecule has 1 aromatic heterocycles. The predicted octanol–water partition coefficient (Wildman–Crippen LogP) is -2.51. The van der Waals surface area contributed by atoms with Gasteiger partial charge in [-0.05, 0) is 37.7 Å². The summed E-state index contributed by atoms with van der Waals surface area (Å²) in [5, 5.41) is 25.9. The van der Waals surface area contributed by atoms with Gasteiger partial charge in [-0.2, -0.15) is 11.8 Å². The lowest BCUT2D eigenvalue weighted by molar-refractivity contribution is -0.142. The molecule has 0 fully saturated rings. The summed E-state index contributed by atoms with van der Waals surface area (Å²) in [4.78, 5) is 71.8. The van der Waals surface area contributed by atoms with Gasteiger partial charge < -0.3 is 48.3 Å². The number of thioether (sulfide) groups is 1. The van der Waals surface area contributed by atoms with E-state index in [0.717, 1.165) is 0 Å². The highest BCUT2D eigenvalue weighted by Crippen LogP contribution is 2.07. The van der Waals surface area contributed by atoms with Gasteiger partial charge in [-0.15, -0.1) is 0 Å². The molecule has 16 nitrogen and oxygen atoms in total. The fraction of sp³-hybridized carbons (Fsp3) is 0.591. The highest BCUT2D eigenvalue weighted by Gasteiger charge is 2.30. The molecule has 39 heavy (non-hydrogen) atoms. The molecule has 1 aromatic rings. The number of nitrogens with two attached hydrogens (primary N) is 3. The van der Waals surface area contributed by atoms with Crippen LogP contribution >= 0.6 is 11.8 Å². The van der Waals surface area contributed by atoms with Gasteiger partial charge in [-0.25, -0.2) is 9.78 Å². The normalized spacial score (nSPS) is 13.8. The Bertz CT molecular complexity index is 987. The quantitative estimate of drug-likeness (QED) is 0.0473. The Labute approximate surface area is 229 Å². The predicted molar refractivity (Wildman–Crippen MR) is 143 cm³/mol. The van der Waals surface area contributed by atoms with Gasteiger partial charge >= 0.3 is 11.9 Å². The number of carboxylic acids is 2. The Morgan fingerprint density at radius 3 is 2.21 bits per heavy atom. The van der Waals surface area contributed by atoms with E-state index in [1.54, 1.807) is 6.26 Å². The molecule has 1 heterocycles. The zero-order valence-corrected chi connectivity index (χ0v) is 22.4. The van der Waals surface area contributed by atoms with Crippen molar-refractivity contribution in [1.29, 1.82) is 0 Å². The van der Waals surface area contributed by atoms with E-state index < -0.39 is 53.8 Å². The first-order valence-electron chi connectivity index (χ1n) is 12.1. The third-order valence-corrected chi connectivity index (χ3v) is 6.07. The molecular weight excluding hydrogens is 534 g/mol. The number of rotatable bonds is 19. The Kier molecular flexibility index (Phi) is 15.0. The molecule has 0 bridgehead atoms. The summed E-state index contributed by atoms with van der Waals surface area (Å²) >= 11 is 1.42. The summed E-state index contributed by atoms with van der Waals surface area (Å²) in [5.41, 5.74) is 16.8. The van der Waals surface area contributed by atoms with Crippen LogP contribution in [-0.2, 0) is 30.4 Å². The molecule has 218 valence electrons. The minimum absolute atomic E-state index is 0.0252.